The Hall–Kier alpha value is -1.14. The van der Waals surface area contributed by atoms with E-state index < -0.39 is 0 Å². The van der Waals surface area contributed by atoms with Crippen LogP contribution in [-0.4, -0.2) is 24.2 Å². The lowest BCUT2D eigenvalue weighted by Gasteiger charge is -2.12. The maximum atomic E-state index is 12.0. The molecule has 110 valence electrons. The van der Waals surface area contributed by atoms with E-state index in [2.05, 4.69) is 40.4 Å². The molecule has 2 N–H and O–H groups in total. The van der Waals surface area contributed by atoms with Gasteiger partial charge < -0.3 is 10.1 Å². The first-order valence-corrected chi connectivity index (χ1v) is 7.65. The van der Waals surface area contributed by atoms with Crippen LogP contribution in [-0.2, 0) is 0 Å². The van der Waals surface area contributed by atoms with Crippen molar-refractivity contribution in [1.29, 1.82) is 0 Å². The lowest BCUT2D eigenvalue weighted by atomic mass is 10.2. The van der Waals surface area contributed by atoms with Gasteiger partial charge in [0, 0.05) is 12.1 Å². The van der Waals surface area contributed by atoms with Gasteiger partial charge >= 0.3 is 0 Å². The maximum Gasteiger partial charge on any atom is 0.257 e. The Morgan fingerprint density at radius 1 is 1.45 bits per heavy atom. The highest BCUT2D eigenvalue weighted by atomic mass is 79.9. The van der Waals surface area contributed by atoms with Crippen LogP contribution in [0.1, 0.15) is 31.1 Å². The summed E-state index contributed by atoms with van der Waals surface area (Å²) in [5.41, 5.74) is 0.522. The van der Waals surface area contributed by atoms with Crippen LogP contribution in [0.5, 0.6) is 5.75 Å². The van der Waals surface area contributed by atoms with Gasteiger partial charge in [0.25, 0.3) is 5.91 Å². The zero-order chi connectivity index (χ0) is 15.1. The van der Waals surface area contributed by atoms with Gasteiger partial charge in [0.05, 0.1) is 11.1 Å². The molecule has 0 aliphatic carbocycles. The summed E-state index contributed by atoms with van der Waals surface area (Å²) < 4.78 is 6.39. The second-order valence-electron chi connectivity index (χ2n) is 4.66. The molecule has 0 radical (unpaired) electrons. The van der Waals surface area contributed by atoms with Crippen molar-refractivity contribution in [2.75, 3.05) is 13.2 Å². The molecule has 0 saturated heterocycles. The topological polar surface area (TPSA) is 50.4 Å². The minimum Gasteiger partial charge on any atom is -0.492 e. The molecule has 1 aromatic carbocycles. The van der Waals surface area contributed by atoms with Crippen molar-refractivity contribution in [3.8, 4) is 5.75 Å². The highest BCUT2D eigenvalue weighted by Gasteiger charge is 2.10. The molecule has 0 saturated carbocycles. The number of thiocarbonyl (C=S) groups is 1. The molecule has 0 fully saturated rings. The first kappa shape index (κ1) is 16.9. The fourth-order valence-electron chi connectivity index (χ4n) is 1.40. The predicted molar refractivity (Wildman–Crippen MR) is 88.2 cm³/mol. The number of benzene rings is 1. The van der Waals surface area contributed by atoms with E-state index in [4.69, 9.17) is 17.0 Å². The maximum absolute atomic E-state index is 12.0. The van der Waals surface area contributed by atoms with Crippen LogP contribution < -0.4 is 15.4 Å². The number of ether oxygens (including phenoxy) is 1. The van der Waals surface area contributed by atoms with Crippen LogP contribution in [0.2, 0.25) is 0 Å². The van der Waals surface area contributed by atoms with Crippen molar-refractivity contribution in [3.63, 3.8) is 0 Å². The summed E-state index contributed by atoms with van der Waals surface area (Å²) in [4.78, 5) is 12.0. The van der Waals surface area contributed by atoms with Gasteiger partial charge in [-0.15, -0.1) is 0 Å². The zero-order valence-corrected chi connectivity index (χ0v) is 14.2. The van der Waals surface area contributed by atoms with Crippen LogP contribution in [0.25, 0.3) is 0 Å². The van der Waals surface area contributed by atoms with Gasteiger partial charge in [0.1, 0.15) is 5.75 Å². The number of carbonyl (C=O) groups excluding carboxylic acids is 1. The molecule has 0 bridgehead atoms. The largest absolute Gasteiger partial charge is 0.492 e. The summed E-state index contributed by atoms with van der Waals surface area (Å²) in [5, 5.41) is 5.81. The number of nitrogens with one attached hydrogen (secondary N) is 2. The van der Waals surface area contributed by atoms with Gasteiger partial charge in [-0.2, -0.15) is 0 Å². The zero-order valence-electron chi connectivity index (χ0n) is 11.8. The number of halogens is 1. The average Bonchev–Trinajstić information content (AvgIpc) is 2.37. The average molecular weight is 359 g/mol. The third-order valence-electron chi connectivity index (χ3n) is 2.33. The summed E-state index contributed by atoms with van der Waals surface area (Å²) in [5.74, 6) is 0.930. The lowest BCUT2D eigenvalue weighted by Crippen LogP contribution is -2.39. The Morgan fingerprint density at radius 2 is 2.15 bits per heavy atom. The number of hydrogen-bond donors (Lipinski definition) is 2. The van der Waals surface area contributed by atoms with Gasteiger partial charge in [-0.1, -0.05) is 13.8 Å². The molecule has 0 spiro atoms. The third-order valence-corrected chi connectivity index (χ3v) is 3.20. The summed E-state index contributed by atoms with van der Waals surface area (Å²) in [6.07, 6.45) is 0. The van der Waals surface area contributed by atoms with E-state index in [0.717, 1.165) is 10.2 Å². The first-order chi connectivity index (χ1) is 9.43. The third kappa shape index (κ3) is 5.46. The van der Waals surface area contributed by atoms with Crippen LogP contribution in [0.15, 0.2) is 22.7 Å². The molecule has 20 heavy (non-hydrogen) atoms. The summed E-state index contributed by atoms with van der Waals surface area (Å²) >= 11 is 8.39. The van der Waals surface area contributed by atoms with Gasteiger partial charge in [-0.05, 0) is 59.2 Å². The van der Waals surface area contributed by atoms with E-state index in [1.54, 1.807) is 18.2 Å². The Balaban J connectivity index is 2.71. The summed E-state index contributed by atoms with van der Waals surface area (Å²) in [7, 11) is 0. The fourth-order valence-corrected chi connectivity index (χ4v) is 2.13. The molecule has 6 heteroatoms. The van der Waals surface area contributed by atoms with Crippen molar-refractivity contribution < 1.29 is 9.53 Å². The van der Waals surface area contributed by atoms with E-state index in [1.807, 2.05) is 6.92 Å². The molecule has 0 aliphatic rings. The van der Waals surface area contributed by atoms with Crippen molar-refractivity contribution in [2.24, 2.45) is 5.92 Å². The monoisotopic (exact) mass is 358 g/mol. The van der Waals surface area contributed by atoms with Crippen LogP contribution in [0.3, 0.4) is 0 Å². The van der Waals surface area contributed by atoms with E-state index >= 15 is 0 Å². The van der Waals surface area contributed by atoms with Gasteiger partial charge in [-0.25, -0.2) is 0 Å². The molecule has 0 unspecified atom stereocenters. The van der Waals surface area contributed by atoms with Crippen molar-refractivity contribution >= 4 is 39.2 Å². The van der Waals surface area contributed by atoms with Gasteiger partial charge in [-0.3, -0.25) is 10.1 Å². The number of hydrogen-bond acceptors (Lipinski definition) is 3. The van der Waals surface area contributed by atoms with E-state index in [0.29, 0.717) is 29.7 Å². The van der Waals surface area contributed by atoms with Crippen molar-refractivity contribution in [1.82, 2.24) is 10.6 Å². The molecule has 0 aliphatic heterocycles. The minimum atomic E-state index is -0.243. The molecular formula is C14H19BrN2O2S. The van der Waals surface area contributed by atoms with Crippen molar-refractivity contribution in [2.45, 2.75) is 20.8 Å². The SMILES string of the molecule is CCNC(=S)NC(=O)c1ccc(OCC(C)C)c(Br)c1. The molecule has 0 heterocycles. The van der Waals surface area contributed by atoms with E-state index in [-0.39, 0.29) is 5.91 Å². The summed E-state index contributed by atoms with van der Waals surface area (Å²) in [6.45, 7) is 7.38. The smallest absolute Gasteiger partial charge is 0.257 e. The van der Waals surface area contributed by atoms with Crippen LogP contribution >= 0.6 is 28.1 Å². The Labute approximate surface area is 133 Å². The highest BCUT2D eigenvalue weighted by molar-refractivity contribution is 9.10. The first-order valence-electron chi connectivity index (χ1n) is 6.45. The molecule has 0 atom stereocenters. The summed E-state index contributed by atoms with van der Waals surface area (Å²) in [6, 6.07) is 5.21. The normalized spacial score (nSPS) is 10.2. The second kappa shape index (κ2) is 8.21. The molecule has 1 amide bonds. The Kier molecular flexibility index (Phi) is 6.95. The number of amides is 1. The number of rotatable bonds is 5. The lowest BCUT2D eigenvalue weighted by molar-refractivity contribution is 0.0976. The molecule has 1 rings (SSSR count). The second-order valence-corrected chi connectivity index (χ2v) is 5.93. The van der Waals surface area contributed by atoms with E-state index in [9.17, 15) is 4.79 Å². The van der Waals surface area contributed by atoms with Gasteiger partial charge in [0.15, 0.2) is 5.11 Å². The highest BCUT2D eigenvalue weighted by Crippen LogP contribution is 2.26. The molecule has 0 aromatic heterocycles. The molecule has 1 aromatic rings. The molecule has 4 nitrogen and oxygen atoms in total. The van der Waals surface area contributed by atoms with Crippen LogP contribution in [0.4, 0.5) is 0 Å². The number of carbonyl (C=O) groups is 1. The Bertz CT molecular complexity index is 492. The predicted octanol–water partition coefficient (Wildman–Crippen LogP) is 3.11. The standard InChI is InChI=1S/C14H19BrN2O2S/c1-4-16-14(20)17-13(18)10-5-6-12(11(15)7-10)19-8-9(2)3/h5-7,9H,4,8H2,1-3H3,(H2,16,17,18,20). The fraction of sp³-hybridized carbons (Fsp3) is 0.429. The molecular weight excluding hydrogens is 340 g/mol. The quantitative estimate of drug-likeness (QED) is 0.794. The van der Waals surface area contributed by atoms with Crippen molar-refractivity contribution in [3.05, 3.63) is 28.2 Å². The van der Waals surface area contributed by atoms with Gasteiger partial charge in [0.2, 0.25) is 0 Å². The van der Waals surface area contributed by atoms with Crippen LogP contribution in [0, 0.1) is 5.92 Å². The minimum absolute atomic E-state index is 0.243. The Morgan fingerprint density at radius 3 is 2.70 bits per heavy atom. The van der Waals surface area contributed by atoms with E-state index in [1.165, 1.54) is 0 Å².